The summed E-state index contributed by atoms with van der Waals surface area (Å²) in [5.74, 6) is -0.135. The Kier molecular flexibility index (Phi) is 4.57. The van der Waals surface area contributed by atoms with Gasteiger partial charge in [-0.2, -0.15) is 5.10 Å². The lowest BCUT2D eigenvalue weighted by Crippen LogP contribution is -2.21. The van der Waals surface area contributed by atoms with Gasteiger partial charge in [0.1, 0.15) is 0 Å². The van der Waals surface area contributed by atoms with Gasteiger partial charge in [-0.1, -0.05) is 46.3 Å². The first-order chi connectivity index (χ1) is 11.1. The molecule has 0 saturated heterocycles. The van der Waals surface area contributed by atoms with Gasteiger partial charge in [-0.25, -0.2) is 5.43 Å². The number of aromatic nitrogens is 1. The maximum atomic E-state index is 12.1. The minimum atomic E-state index is -0.135. The molecule has 0 radical (unpaired) electrons. The van der Waals surface area contributed by atoms with Crippen LogP contribution in [0.4, 0.5) is 0 Å². The van der Waals surface area contributed by atoms with Crippen LogP contribution >= 0.6 is 15.9 Å². The summed E-state index contributed by atoms with van der Waals surface area (Å²) in [6.07, 6.45) is 2.16. The van der Waals surface area contributed by atoms with Crippen LogP contribution in [0.2, 0.25) is 0 Å². The average Bonchev–Trinajstić information content (AvgIpc) is 2.96. The van der Waals surface area contributed by atoms with E-state index in [1.807, 2.05) is 61.7 Å². The van der Waals surface area contributed by atoms with Gasteiger partial charge in [-0.3, -0.25) is 4.79 Å². The van der Waals surface area contributed by atoms with Crippen molar-refractivity contribution in [1.82, 2.24) is 10.4 Å². The molecule has 2 aromatic carbocycles. The molecule has 0 fully saturated rings. The van der Waals surface area contributed by atoms with Crippen LogP contribution in [-0.4, -0.2) is 16.6 Å². The Balaban J connectivity index is 1.69. The third kappa shape index (κ3) is 3.68. The number of benzene rings is 2. The Morgan fingerprint density at radius 1 is 1.22 bits per heavy atom. The first-order valence-electron chi connectivity index (χ1n) is 7.27. The van der Waals surface area contributed by atoms with Crippen molar-refractivity contribution in [3.63, 3.8) is 0 Å². The number of carbonyl (C=O) groups excluding carboxylic acids is 1. The molecular formula is C18H16BrN3O. The first-order valence-corrected chi connectivity index (χ1v) is 8.07. The van der Waals surface area contributed by atoms with E-state index in [0.29, 0.717) is 6.42 Å². The Bertz CT molecular complexity index is 883. The maximum Gasteiger partial charge on any atom is 0.244 e. The van der Waals surface area contributed by atoms with Crippen molar-refractivity contribution in [3.8, 4) is 0 Å². The highest BCUT2D eigenvalue weighted by Gasteiger charge is 2.08. The van der Waals surface area contributed by atoms with Crippen LogP contribution in [0.25, 0.3) is 10.9 Å². The normalized spacial score (nSPS) is 11.7. The van der Waals surface area contributed by atoms with Crippen molar-refractivity contribution in [2.75, 3.05) is 0 Å². The Labute approximate surface area is 142 Å². The zero-order valence-electron chi connectivity index (χ0n) is 12.6. The highest BCUT2D eigenvalue weighted by Crippen LogP contribution is 2.18. The summed E-state index contributed by atoms with van der Waals surface area (Å²) in [5.41, 5.74) is 6.35. The van der Waals surface area contributed by atoms with Crippen LogP contribution in [0.3, 0.4) is 0 Å². The van der Waals surface area contributed by atoms with Crippen molar-refractivity contribution in [3.05, 3.63) is 70.3 Å². The van der Waals surface area contributed by atoms with Gasteiger partial charge in [0, 0.05) is 21.6 Å². The quantitative estimate of drug-likeness (QED) is 0.529. The lowest BCUT2D eigenvalue weighted by Gasteiger charge is -2.03. The molecule has 116 valence electrons. The van der Waals surface area contributed by atoms with Crippen LogP contribution in [0.15, 0.2) is 64.3 Å². The number of amides is 1. The monoisotopic (exact) mass is 369 g/mol. The number of carbonyl (C=O) groups is 1. The number of halogens is 1. The van der Waals surface area contributed by atoms with Crippen molar-refractivity contribution >= 4 is 38.5 Å². The predicted molar refractivity (Wildman–Crippen MR) is 96.5 cm³/mol. The van der Waals surface area contributed by atoms with E-state index in [-0.39, 0.29) is 5.91 Å². The number of H-pyrrole nitrogens is 1. The van der Waals surface area contributed by atoms with Gasteiger partial charge in [0.2, 0.25) is 5.91 Å². The number of hydrazone groups is 1. The third-order valence-corrected chi connectivity index (χ3v) is 4.11. The molecule has 23 heavy (non-hydrogen) atoms. The summed E-state index contributed by atoms with van der Waals surface area (Å²) in [5, 5.41) is 5.25. The van der Waals surface area contributed by atoms with Gasteiger partial charge in [0.05, 0.1) is 12.1 Å². The van der Waals surface area contributed by atoms with Crippen LogP contribution in [0.1, 0.15) is 18.1 Å². The molecule has 1 aromatic heterocycles. The summed E-state index contributed by atoms with van der Waals surface area (Å²) >= 11 is 3.43. The van der Waals surface area contributed by atoms with E-state index in [9.17, 15) is 4.79 Å². The molecule has 3 aromatic rings. The van der Waals surface area contributed by atoms with E-state index in [4.69, 9.17) is 0 Å². The van der Waals surface area contributed by atoms with E-state index in [1.54, 1.807) is 0 Å². The number of aromatic amines is 1. The Morgan fingerprint density at radius 3 is 2.87 bits per heavy atom. The van der Waals surface area contributed by atoms with E-state index >= 15 is 0 Å². The molecule has 3 rings (SSSR count). The molecule has 0 atom stereocenters. The lowest BCUT2D eigenvalue weighted by atomic mass is 10.1. The molecule has 0 aliphatic carbocycles. The van der Waals surface area contributed by atoms with Crippen LogP contribution in [0, 0.1) is 0 Å². The number of rotatable bonds is 4. The minimum absolute atomic E-state index is 0.135. The number of fused-ring (bicyclic) bond motifs is 1. The van der Waals surface area contributed by atoms with Gasteiger partial charge in [0.15, 0.2) is 0 Å². The van der Waals surface area contributed by atoms with Crippen molar-refractivity contribution in [2.24, 2.45) is 5.10 Å². The van der Waals surface area contributed by atoms with Gasteiger partial charge in [0.25, 0.3) is 0 Å². The number of hydrogen-bond donors (Lipinski definition) is 2. The Morgan fingerprint density at radius 2 is 2.04 bits per heavy atom. The second-order valence-corrected chi connectivity index (χ2v) is 6.19. The molecule has 0 aliphatic heterocycles. The predicted octanol–water partition coefficient (Wildman–Crippen LogP) is 4.01. The molecule has 1 heterocycles. The molecule has 2 N–H and O–H groups in total. The smallest absolute Gasteiger partial charge is 0.244 e. The SMILES string of the molecule is C/C(=N\NC(=O)Cc1c[nH]c2ccccc12)c1cccc(Br)c1. The average molecular weight is 370 g/mol. The molecule has 0 unspecified atom stereocenters. The fourth-order valence-electron chi connectivity index (χ4n) is 2.41. The highest BCUT2D eigenvalue weighted by molar-refractivity contribution is 9.10. The molecule has 0 aliphatic rings. The highest BCUT2D eigenvalue weighted by atomic mass is 79.9. The number of para-hydroxylation sites is 1. The number of nitrogens with one attached hydrogen (secondary N) is 2. The largest absolute Gasteiger partial charge is 0.361 e. The van der Waals surface area contributed by atoms with Gasteiger partial charge in [-0.15, -0.1) is 0 Å². The van der Waals surface area contributed by atoms with Crippen LogP contribution < -0.4 is 5.43 Å². The van der Waals surface area contributed by atoms with Crippen LogP contribution in [0.5, 0.6) is 0 Å². The molecular weight excluding hydrogens is 354 g/mol. The molecule has 1 amide bonds. The summed E-state index contributed by atoms with van der Waals surface area (Å²) in [6, 6.07) is 15.7. The van der Waals surface area contributed by atoms with Crippen molar-refractivity contribution < 1.29 is 4.79 Å². The fraction of sp³-hybridized carbons (Fsp3) is 0.111. The molecule has 4 nitrogen and oxygen atoms in total. The van der Waals surface area contributed by atoms with Crippen molar-refractivity contribution in [2.45, 2.75) is 13.3 Å². The third-order valence-electron chi connectivity index (χ3n) is 3.62. The molecule has 0 spiro atoms. The van der Waals surface area contributed by atoms with E-state index in [1.165, 1.54) is 0 Å². The van der Waals surface area contributed by atoms with Crippen LogP contribution in [-0.2, 0) is 11.2 Å². The summed E-state index contributed by atoms with van der Waals surface area (Å²) < 4.78 is 0.981. The summed E-state index contributed by atoms with van der Waals surface area (Å²) in [7, 11) is 0. The zero-order valence-corrected chi connectivity index (χ0v) is 14.2. The maximum absolute atomic E-state index is 12.1. The lowest BCUT2D eigenvalue weighted by molar-refractivity contribution is -0.120. The van der Waals surface area contributed by atoms with Crippen molar-refractivity contribution in [1.29, 1.82) is 0 Å². The second-order valence-electron chi connectivity index (χ2n) is 5.28. The second kappa shape index (κ2) is 6.79. The van der Waals surface area contributed by atoms with Gasteiger partial charge >= 0.3 is 0 Å². The number of nitrogens with zero attached hydrogens (tertiary/aromatic N) is 1. The van der Waals surface area contributed by atoms with Gasteiger partial charge < -0.3 is 4.98 Å². The Hall–Kier alpha value is -2.40. The summed E-state index contributed by atoms with van der Waals surface area (Å²) in [4.78, 5) is 15.3. The molecule has 0 bridgehead atoms. The van der Waals surface area contributed by atoms with E-state index < -0.39 is 0 Å². The van der Waals surface area contributed by atoms with E-state index in [2.05, 4.69) is 31.4 Å². The van der Waals surface area contributed by atoms with Gasteiger partial charge in [-0.05, 0) is 36.2 Å². The topological polar surface area (TPSA) is 57.2 Å². The first kappa shape index (κ1) is 15.5. The zero-order chi connectivity index (χ0) is 16.2. The fourth-order valence-corrected chi connectivity index (χ4v) is 2.81. The standard InChI is InChI=1S/C18H16BrN3O/c1-12(13-5-4-6-15(19)9-13)21-22-18(23)10-14-11-20-17-8-3-2-7-16(14)17/h2-9,11,20H,10H2,1H3,(H,22,23)/b21-12+. The minimum Gasteiger partial charge on any atom is -0.361 e. The summed E-state index contributed by atoms with van der Waals surface area (Å²) in [6.45, 7) is 1.87. The number of hydrogen-bond acceptors (Lipinski definition) is 2. The van der Waals surface area contributed by atoms with E-state index in [0.717, 1.165) is 32.2 Å². The molecule has 5 heteroatoms. The molecule has 0 saturated carbocycles.